The number of alkyl halides is 3. The van der Waals surface area contributed by atoms with Crippen LogP contribution in [0.1, 0.15) is 40.3 Å². The summed E-state index contributed by atoms with van der Waals surface area (Å²) in [7, 11) is 0. The predicted octanol–water partition coefficient (Wildman–Crippen LogP) is 3.49. The predicted molar refractivity (Wildman–Crippen MR) is 68.6 cm³/mol. The van der Waals surface area contributed by atoms with Gasteiger partial charge in [-0.3, -0.25) is 4.79 Å². The van der Waals surface area contributed by atoms with Gasteiger partial charge in [0.05, 0.1) is 11.6 Å². The van der Waals surface area contributed by atoms with E-state index in [1.165, 1.54) is 18.2 Å². The highest BCUT2D eigenvalue weighted by Crippen LogP contribution is 2.29. The number of carbonyl (C=O) groups excluding carboxylic acids is 1. The molecule has 112 valence electrons. The zero-order valence-electron chi connectivity index (χ0n) is 11.4. The van der Waals surface area contributed by atoms with Crippen LogP contribution in [0.2, 0.25) is 0 Å². The summed E-state index contributed by atoms with van der Waals surface area (Å²) >= 11 is 0. The maximum Gasteiger partial charge on any atom is 0.416 e. The molecule has 1 heterocycles. The van der Waals surface area contributed by atoms with E-state index in [0.29, 0.717) is 11.3 Å². The Hall–Kier alpha value is -2.31. The van der Waals surface area contributed by atoms with E-state index in [4.69, 9.17) is 4.52 Å². The molecule has 21 heavy (non-hydrogen) atoms. The Morgan fingerprint density at radius 3 is 2.38 bits per heavy atom. The van der Waals surface area contributed by atoms with Gasteiger partial charge in [-0.2, -0.15) is 13.2 Å². The topological polar surface area (TPSA) is 55.1 Å². The van der Waals surface area contributed by atoms with Crippen molar-refractivity contribution in [1.82, 2.24) is 10.5 Å². The molecule has 2 aromatic rings. The Balaban J connectivity index is 2.06. The van der Waals surface area contributed by atoms with E-state index >= 15 is 0 Å². The van der Waals surface area contributed by atoms with E-state index < -0.39 is 23.7 Å². The van der Waals surface area contributed by atoms with Crippen LogP contribution in [-0.2, 0) is 6.18 Å². The maximum absolute atomic E-state index is 12.5. The molecule has 0 saturated carbocycles. The van der Waals surface area contributed by atoms with Crippen molar-refractivity contribution in [3.63, 3.8) is 0 Å². The van der Waals surface area contributed by atoms with Gasteiger partial charge in [0.25, 0.3) is 5.91 Å². The lowest BCUT2D eigenvalue weighted by Crippen LogP contribution is -2.26. The summed E-state index contributed by atoms with van der Waals surface area (Å²) in [4.78, 5) is 11.9. The van der Waals surface area contributed by atoms with Crippen LogP contribution >= 0.6 is 0 Å². The highest BCUT2D eigenvalue weighted by molar-refractivity contribution is 5.92. The van der Waals surface area contributed by atoms with E-state index in [-0.39, 0.29) is 5.69 Å². The minimum absolute atomic E-state index is 0.131. The smallest absolute Gasteiger partial charge is 0.361 e. The molecule has 0 radical (unpaired) electrons. The fourth-order valence-electron chi connectivity index (χ4n) is 1.79. The van der Waals surface area contributed by atoms with Crippen molar-refractivity contribution in [2.75, 3.05) is 0 Å². The number of nitrogens with one attached hydrogen (secondary N) is 1. The normalized spacial score (nSPS) is 13.0. The van der Waals surface area contributed by atoms with Gasteiger partial charge in [0, 0.05) is 6.07 Å². The molecule has 0 aliphatic carbocycles. The number of hydrogen-bond acceptors (Lipinski definition) is 3. The number of aromatic nitrogens is 1. The first-order chi connectivity index (χ1) is 9.77. The molecule has 1 aromatic heterocycles. The second-order valence-electron chi connectivity index (χ2n) is 4.64. The SMILES string of the molecule is Cc1cc(C(=O)N[C@H](C)c2ccc(C(F)(F)F)cc2)no1. The monoisotopic (exact) mass is 298 g/mol. The van der Waals surface area contributed by atoms with Gasteiger partial charge in [-0.05, 0) is 31.5 Å². The lowest BCUT2D eigenvalue weighted by atomic mass is 10.1. The molecule has 1 N–H and O–H groups in total. The van der Waals surface area contributed by atoms with Crippen molar-refractivity contribution in [1.29, 1.82) is 0 Å². The first-order valence-corrected chi connectivity index (χ1v) is 6.18. The van der Waals surface area contributed by atoms with Gasteiger partial charge >= 0.3 is 6.18 Å². The molecule has 0 unspecified atom stereocenters. The molecule has 0 bridgehead atoms. The van der Waals surface area contributed by atoms with Gasteiger partial charge in [0.15, 0.2) is 5.69 Å². The third-order valence-corrected chi connectivity index (χ3v) is 2.95. The van der Waals surface area contributed by atoms with Crippen LogP contribution in [0.5, 0.6) is 0 Å². The first-order valence-electron chi connectivity index (χ1n) is 6.18. The van der Waals surface area contributed by atoms with Crippen LogP contribution in [0.25, 0.3) is 0 Å². The average Bonchev–Trinajstić information content (AvgIpc) is 2.84. The maximum atomic E-state index is 12.5. The number of benzene rings is 1. The lowest BCUT2D eigenvalue weighted by Gasteiger charge is -2.14. The van der Waals surface area contributed by atoms with Crippen molar-refractivity contribution < 1.29 is 22.5 Å². The third kappa shape index (κ3) is 3.62. The summed E-state index contributed by atoms with van der Waals surface area (Å²) in [5.41, 5.74) is -0.0280. The second kappa shape index (κ2) is 5.59. The summed E-state index contributed by atoms with van der Waals surface area (Å²) < 4.78 is 42.2. The highest BCUT2D eigenvalue weighted by Gasteiger charge is 2.30. The summed E-state index contributed by atoms with van der Waals surface area (Å²) in [5.74, 6) is 0.0570. The Labute approximate surface area is 118 Å². The Morgan fingerprint density at radius 2 is 1.90 bits per heavy atom. The number of aryl methyl sites for hydroxylation is 1. The van der Waals surface area contributed by atoms with E-state index in [2.05, 4.69) is 10.5 Å². The molecule has 1 atom stereocenters. The van der Waals surface area contributed by atoms with Gasteiger partial charge in [-0.25, -0.2) is 0 Å². The van der Waals surface area contributed by atoms with Crippen LogP contribution in [0, 0.1) is 6.92 Å². The van der Waals surface area contributed by atoms with Gasteiger partial charge in [-0.15, -0.1) is 0 Å². The fourth-order valence-corrected chi connectivity index (χ4v) is 1.79. The number of hydrogen-bond donors (Lipinski definition) is 1. The van der Waals surface area contributed by atoms with Gasteiger partial charge in [0.2, 0.25) is 0 Å². The van der Waals surface area contributed by atoms with Gasteiger partial charge in [-0.1, -0.05) is 17.3 Å². The quantitative estimate of drug-likeness (QED) is 0.943. The molecular weight excluding hydrogens is 285 g/mol. The zero-order chi connectivity index (χ0) is 15.6. The summed E-state index contributed by atoms with van der Waals surface area (Å²) in [5, 5.41) is 6.21. The fraction of sp³-hybridized carbons (Fsp3) is 0.286. The van der Waals surface area contributed by atoms with Gasteiger partial charge in [0.1, 0.15) is 5.76 Å². The molecule has 1 aromatic carbocycles. The molecule has 4 nitrogen and oxygen atoms in total. The standard InChI is InChI=1S/C14H13F3N2O2/c1-8-7-12(19-21-8)13(20)18-9(2)10-3-5-11(6-4-10)14(15,16)17/h3-7,9H,1-2H3,(H,18,20)/t9-/m1/s1. The molecule has 0 saturated heterocycles. The molecule has 0 fully saturated rings. The molecule has 7 heteroatoms. The summed E-state index contributed by atoms with van der Waals surface area (Å²) in [6.45, 7) is 3.33. The van der Waals surface area contributed by atoms with Crippen molar-refractivity contribution in [2.24, 2.45) is 0 Å². The summed E-state index contributed by atoms with van der Waals surface area (Å²) in [6, 6.07) is 5.67. The number of carbonyl (C=O) groups is 1. The van der Waals surface area contributed by atoms with Crippen LogP contribution in [0.3, 0.4) is 0 Å². The minimum atomic E-state index is -4.37. The number of amides is 1. The van der Waals surface area contributed by atoms with E-state index in [1.54, 1.807) is 13.8 Å². The first kappa shape index (κ1) is 15.1. The Morgan fingerprint density at radius 1 is 1.29 bits per heavy atom. The van der Waals surface area contributed by atoms with Crippen molar-refractivity contribution >= 4 is 5.91 Å². The van der Waals surface area contributed by atoms with Crippen LogP contribution < -0.4 is 5.32 Å². The van der Waals surface area contributed by atoms with Crippen molar-refractivity contribution in [3.05, 3.63) is 52.9 Å². The number of nitrogens with zero attached hydrogens (tertiary/aromatic N) is 1. The average molecular weight is 298 g/mol. The van der Waals surface area contributed by atoms with E-state index in [9.17, 15) is 18.0 Å². The number of halogens is 3. The van der Waals surface area contributed by atoms with Crippen LogP contribution in [-0.4, -0.2) is 11.1 Å². The Kier molecular flexibility index (Phi) is 4.02. The molecule has 0 spiro atoms. The lowest BCUT2D eigenvalue weighted by molar-refractivity contribution is -0.137. The minimum Gasteiger partial charge on any atom is -0.361 e. The zero-order valence-corrected chi connectivity index (χ0v) is 11.4. The van der Waals surface area contributed by atoms with E-state index in [0.717, 1.165) is 12.1 Å². The third-order valence-electron chi connectivity index (χ3n) is 2.95. The number of rotatable bonds is 3. The van der Waals surface area contributed by atoms with E-state index in [1.807, 2.05) is 0 Å². The van der Waals surface area contributed by atoms with Crippen molar-refractivity contribution in [3.8, 4) is 0 Å². The molecule has 0 aliphatic rings. The van der Waals surface area contributed by atoms with Crippen LogP contribution in [0.15, 0.2) is 34.9 Å². The molecule has 1 amide bonds. The van der Waals surface area contributed by atoms with Crippen molar-refractivity contribution in [2.45, 2.75) is 26.1 Å². The highest BCUT2D eigenvalue weighted by atomic mass is 19.4. The van der Waals surface area contributed by atoms with Gasteiger partial charge < -0.3 is 9.84 Å². The molecule has 2 rings (SSSR count). The second-order valence-corrected chi connectivity index (χ2v) is 4.64. The molecular formula is C14H13F3N2O2. The Bertz CT molecular complexity index is 632. The largest absolute Gasteiger partial charge is 0.416 e. The van der Waals surface area contributed by atoms with Crippen LogP contribution in [0.4, 0.5) is 13.2 Å². The summed E-state index contributed by atoms with van der Waals surface area (Å²) in [6.07, 6.45) is -4.37. The molecule has 0 aliphatic heterocycles.